The van der Waals surface area contributed by atoms with Crippen LogP contribution in [0.2, 0.25) is 0 Å². The zero-order valence-corrected chi connectivity index (χ0v) is 17.3. The molecular formula is C22H21N3OS2. The maximum atomic E-state index is 5.24. The SMILES string of the molecule is COc1ccc(CSc2ccc3c(c2)N(c2ncc(S)cn2)CC32CC2)cc1. The fraction of sp³-hybridized carbons (Fsp3) is 0.273. The summed E-state index contributed by atoms with van der Waals surface area (Å²) in [6, 6.07) is 15.1. The van der Waals surface area contributed by atoms with Gasteiger partial charge in [-0.25, -0.2) is 9.97 Å². The normalized spacial score (nSPS) is 16.3. The highest BCUT2D eigenvalue weighted by atomic mass is 32.2. The predicted octanol–water partition coefficient (Wildman–Crippen LogP) is 5.25. The van der Waals surface area contributed by atoms with Crippen molar-refractivity contribution in [1.29, 1.82) is 0 Å². The largest absolute Gasteiger partial charge is 0.497 e. The molecule has 1 aliphatic heterocycles. The first-order valence-electron chi connectivity index (χ1n) is 9.36. The van der Waals surface area contributed by atoms with Crippen molar-refractivity contribution in [2.75, 3.05) is 18.6 Å². The molecule has 1 aromatic heterocycles. The first kappa shape index (κ1) is 17.9. The van der Waals surface area contributed by atoms with Crippen LogP contribution in [0.1, 0.15) is 24.0 Å². The fourth-order valence-electron chi connectivity index (χ4n) is 3.85. The molecule has 0 atom stereocenters. The summed E-state index contributed by atoms with van der Waals surface area (Å²) in [5.41, 5.74) is 4.29. The van der Waals surface area contributed by atoms with Crippen molar-refractivity contribution in [1.82, 2.24) is 9.97 Å². The van der Waals surface area contributed by atoms with E-state index in [0.29, 0.717) is 5.41 Å². The topological polar surface area (TPSA) is 38.2 Å². The van der Waals surface area contributed by atoms with Gasteiger partial charge in [-0.05, 0) is 48.2 Å². The van der Waals surface area contributed by atoms with Gasteiger partial charge < -0.3 is 9.64 Å². The number of hydrogen-bond donors (Lipinski definition) is 1. The van der Waals surface area contributed by atoms with Crippen molar-refractivity contribution < 1.29 is 4.74 Å². The van der Waals surface area contributed by atoms with Gasteiger partial charge in [0.2, 0.25) is 5.95 Å². The van der Waals surface area contributed by atoms with Gasteiger partial charge in [0, 0.05) is 45.6 Å². The number of thiol groups is 1. The van der Waals surface area contributed by atoms with Crippen molar-refractivity contribution >= 4 is 36.0 Å². The lowest BCUT2D eigenvalue weighted by atomic mass is 9.99. The van der Waals surface area contributed by atoms with E-state index >= 15 is 0 Å². The van der Waals surface area contributed by atoms with Crippen molar-refractivity contribution in [3.63, 3.8) is 0 Å². The second-order valence-corrected chi connectivity index (χ2v) is 8.99. The number of nitrogens with zero attached hydrogens (tertiary/aromatic N) is 3. The van der Waals surface area contributed by atoms with Gasteiger partial charge in [0.1, 0.15) is 5.75 Å². The van der Waals surface area contributed by atoms with Crippen LogP contribution in [0.4, 0.5) is 11.6 Å². The summed E-state index contributed by atoms with van der Waals surface area (Å²) in [5.74, 6) is 2.59. The van der Waals surface area contributed by atoms with E-state index in [1.54, 1.807) is 19.5 Å². The van der Waals surface area contributed by atoms with Gasteiger partial charge in [-0.3, -0.25) is 0 Å². The highest BCUT2D eigenvalue weighted by Gasteiger charge is 2.52. The number of ether oxygens (including phenoxy) is 1. The van der Waals surface area contributed by atoms with Gasteiger partial charge in [-0.1, -0.05) is 18.2 Å². The van der Waals surface area contributed by atoms with Crippen LogP contribution in [0.15, 0.2) is 64.6 Å². The van der Waals surface area contributed by atoms with E-state index in [9.17, 15) is 0 Å². The third-order valence-corrected chi connectivity index (χ3v) is 6.87. The quantitative estimate of drug-likeness (QED) is 0.462. The van der Waals surface area contributed by atoms with Gasteiger partial charge in [0.25, 0.3) is 0 Å². The van der Waals surface area contributed by atoms with Crippen LogP contribution < -0.4 is 9.64 Å². The predicted molar refractivity (Wildman–Crippen MR) is 116 cm³/mol. The van der Waals surface area contributed by atoms with Crippen LogP contribution in [-0.4, -0.2) is 23.6 Å². The lowest BCUT2D eigenvalue weighted by molar-refractivity contribution is 0.414. The summed E-state index contributed by atoms with van der Waals surface area (Å²) in [5, 5.41) is 0. The number of thioether (sulfide) groups is 1. The molecule has 2 heterocycles. The van der Waals surface area contributed by atoms with Gasteiger partial charge in [-0.15, -0.1) is 24.4 Å². The van der Waals surface area contributed by atoms with Crippen molar-refractivity contribution in [2.24, 2.45) is 0 Å². The molecule has 5 rings (SSSR count). The minimum Gasteiger partial charge on any atom is -0.497 e. The Morgan fingerprint density at radius 2 is 1.86 bits per heavy atom. The van der Waals surface area contributed by atoms with Crippen LogP contribution >= 0.6 is 24.4 Å². The molecule has 0 saturated heterocycles. The summed E-state index contributed by atoms with van der Waals surface area (Å²) in [6.07, 6.45) is 6.04. The molecule has 4 nitrogen and oxygen atoms in total. The zero-order chi connectivity index (χ0) is 19.1. The molecule has 142 valence electrons. The summed E-state index contributed by atoms with van der Waals surface area (Å²) < 4.78 is 5.24. The standard InChI is InChI=1S/C22H21N3OS2/c1-26-16-4-2-15(3-5-16)13-28-18-6-7-19-20(10-18)25(14-22(19)8-9-22)21-23-11-17(27)12-24-21/h2-7,10-12,27H,8-9,13-14H2,1H3. The average Bonchev–Trinajstić information content (AvgIpc) is 3.44. The molecule has 28 heavy (non-hydrogen) atoms. The molecule has 0 unspecified atom stereocenters. The summed E-state index contributed by atoms with van der Waals surface area (Å²) in [4.78, 5) is 13.3. The number of benzene rings is 2. The van der Waals surface area contributed by atoms with Crippen LogP contribution in [0.3, 0.4) is 0 Å². The average molecular weight is 408 g/mol. The summed E-state index contributed by atoms with van der Waals surface area (Å²) in [6.45, 7) is 0.973. The fourth-order valence-corrected chi connectivity index (χ4v) is 4.85. The Labute approximate surface area is 174 Å². The maximum Gasteiger partial charge on any atom is 0.229 e. The van der Waals surface area contributed by atoms with Crippen LogP contribution in [-0.2, 0) is 11.2 Å². The first-order valence-corrected chi connectivity index (χ1v) is 10.8. The number of anilines is 2. The maximum absolute atomic E-state index is 5.24. The molecule has 0 N–H and O–H groups in total. The number of aromatic nitrogens is 2. The molecule has 0 radical (unpaired) electrons. The number of fused-ring (bicyclic) bond motifs is 2. The number of rotatable bonds is 5. The van der Waals surface area contributed by atoms with Gasteiger partial charge >= 0.3 is 0 Å². The molecule has 2 aromatic carbocycles. The Balaban J connectivity index is 1.40. The van der Waals surface area contributed by atoms with Crippen LogP contribution in [0, 0.1) is 0 Å². The monoisotopic (exact) mass is 407 g/mol. The van der Waals surface area contributed by atoms with Crippen LogP contribution in [0.25, 0.3) is 0 Å². The first-order chi connectivity index (χ1) is 13.7. The third-order valence-electron chi connectivity index (χ3n) is 5.58. The van der Waals surface area contributed by atoms with E-state index in [2.05, 4.69) is 57.8 Å². The number of hydrogen-bond acceptors (Lipinski definition) is 6. The lowest BCUT2D eigenvalue weighted by Crippen LogP contribution is -2.21. The Bertz CT molecular complexity index is 1000. The summed E-state index contributed by atoms with van der Waals surface area (Å²) in [7, 11) is 1.69. The van der Waals surface area contributed by atoms with Crippen molar-refractivity contribution in [2.45, 2.75) is 33.8 Å². The lowest BCUT2D eigenvalue weighted by Gasteiger charge is -2.18. The number of methoxy groups -OCH3 is 1. The molecule has 1 fully saturated rings. The third kappa shape index (κ3) is 3.25. The molecule has 2 aliphatic rings. The van der Waals surface area contributed by atoms with E-state index in [4.69, 9.17) is 4.74 Å². The van der Waals surface area contributed by atoms with Crippen LogP contribution in [0.5, 0.6) is 5.75 Å². The molecular weight excluding hydrogens is 386 g/mol. The van der Waals surface area contributed by atoms with Gasteiger partial charge in [0.15, 0.2) is 0 Å². The molecule has 1 spiro atoms. The minimum atomic E-state index is 0.303. The van der Waals surface area contributed by atoms with Gasteiger partial charge in [0.05, 0.1) is 7.11 Å². The molecule has 0 amide bonds. The zero-order valence-electron chi connectivity index (χ0n) is 15.6. The van der Waals surface area contributed by atoms with Gasteiger partial charge in [-0.2, -0.15) is 0 Å². The second-order valence-electron chi connectivity index (χ2n) is 7.42. The minimum absolute atomic E-state index is 0.303. The summed E-state index contributed by atoms with van der Waals surface area (Å²) >= 11 is 6.17. The second kappa shape index (κ2) is 7.01. The molecule has 6 heteroatoms. The van der Waals surface area contributed by atoms with E-state index in [-0.39, 0.29) is 0 Å². The van der Waals surface area contributed by atoms with E-state index in [1.165, 1.54) is 34.6 Å². The highest BCUT2D eigenvalue weighted by Crippen LogP contribution is 2.58. The molecule has 3 aromatic rings. The Hall–Kier alpha value is -2.18. The Morgan fingerprint density at radius 1 is 1.11 bits per heavy atom. The van der Waals surface area contributed by atoms with Crippen molar-refractivity contribution in [3.05, 3.63) is 66.0 Å². The van der Waals surface area contributed by atoms with Crippen molar-refractivity contribution in [3.8, 4) is 5.75 Å². The Kier molecular flexibility index (Phi) is 4.48. The highest BCUT2D eigenvalue weighted by molar-refractivity contribution is 7.98. The molecule has 1 saturated carbocycles. The van der Waals surface area contributed by atoms with E-state index in [1.807, 2.05) is 23.9 Å². The molecule has 1 aliphatic carbocycles. The smallest absolute Gasteiger partial charge is 0.229 e. The molecule has 0 bridgehead atoms. The van der Waals surface area contributed by atoms with E-state index < -0.39 is 0 Å². The van der Waals surface area contributed by atoms with E-state index in [0.717, 1.165) is 28.9 Å². The Morgan fingerprint density at radius 3 is 2.54 bits per heavy atom.